The van der Waals surface area contributed by atoms with Crippen molar-refractivity contribution >= 4 is 5.97 Å². The molecule has 0 spiro atoms. The van der Waals surface area contributed by atoms with E-state index in [0.717, 1.165) is 36.2 Å². The van der Waals surface area contributed by atoms with Crippen LogP contribution in [0.2, 0.25) is 0 Å². The molecule has 0 aromatic heterocycles. The number of aryl methyl sites for hydroxylation is 1. The first kappa shape index (κ1) is 30.9. The summed E-state index contributed by atoms with van der Waals surface area (Å²) in [6.07, 6.45) is 14.3. The van der Waals surface area contributed by atoms with Crippen LogP contribution in [0.3, 0.4) is 0 Å². The minimum atomic E-state index is -0.169. The topological polar surface area (TPSA) is 35.5 Å². The molecular formula is C33H52NO3+. The van der Waals surface area contributed by atoms with Crippen LogP contribution in [0.15, 0.2) is 54.6 Å². The number of nitrogens with zero attached hydrogens (tertiary/aromatic N) is 1. The quantitative estimate of drug-likeness (QED) is 0.102. The van der Waals surface area contributed by atoms with E-state index in [4.69, 9.17) is 9.47 Å². The van der Waals surface area contributed by atoms with Gasteiger partial charge in [0, 0.05) is 12.0 Å². The third-order valence-electron chi connectivity index (χ3n) is 6.88. The summed E-state index contributed by atoms with van der Waals surface area (Å²) in [4.78, 5) is 12.3. The Bertz CT molecular complexity index is 865. The Balaban J connectivity index is 1.58. The normalized spacial score (nSPS) is 12.3. The molecule has 2 aromatic rings. The van der Waals surface area contributed by atoms with Crippen LogP contribution in [0.1, 0.15) is 95.6 Å². The number of ether oxygens (including phenoxy) is 2. The maximum absolute atomic E-state index is 12.3. The van der Waals surface area contributed by atoms with Gasteiger partial charge in [-0.05, 0) is 37.5 Å². The Hall–Kier alpha value is -2.33. The lowest BCUT2D eigenvalue weighted by Gasteiger charge is -2.29. The van der Waals surface area contributed by atoms with E-state index in [1.54, 1.807) is 0 Å². The van der Waals surface area contributed by atoms with Gasteiger partial charge in [0.25, 0.3) is 0 Å². The summed E-state index contributed by atoms with van der Waals surface area (Å²) in [6.45, 7) is 6.40. The van der Waals surface area contributed by atoms with Gasteiger partial charge in [0.05, 0.1) is 27.1 Å². The first-order valence-electron chi connectivity index (χ1n) is 14.6. The van der Waals surface area contributed by atoms with Crippen LogP contribution in [0.5, 0.6) is 5.75 Å². The van der Waals surface area contributed by atoms with Crippen LogP contribution >= 0.6 is 0 Å². The molecule has 206 valence electrons. The zero-order chi connectivity index (χ0) is 26.8. The molecule has 0 amide bonds. The molecular weight excluding hydrogens is 458 g/mol. The van der Waals surface area contributed by atoms with Crippen molar-refractivity contribution in [2.75, 3.05) is 27.2 Å². The third-order valence-corrected chi connectivity index (χ3v) is 6.88. The van der Waals surface area contributed by atoms with Crippen molar-refractivity contribution in [3.05, 3.63) is 65.7 Å². The minimum absolute atomic E-state index is 0.144. The Labute approximate surface area is 227 Å². The van der Waals surface area contributed by atoms with E-state index in [2.05, 4.69) is 63.5 Å². The standard InChI is InChI=1S/C33H52NO3/c1-5-6-7-8-9-10-11-12-14-19-30-22-17-23-32(26-30)37-29(2)28-36-33(35)24-18-25-34(3,4)27-31-20-15-13-16-21-31/h13,15-17,20-23,26,29H,5-12,14,18-19,24-25,27-28H2,1-4H3/q+1. The van der Waals surface area contributed by atoms with Gasteiger partial charge in [0.2, 0.25) is 0 Å². The van der Waals surface area contributed by atoms with Crippen LogP contribution < -0.4 is 4.74 Å². The van der Waals surface area contributed by atoms with E-state index in [1.807, 2.05) is 19.1 Å². The molecule has 0 bridgehead atoms. The number of esters is 1. The fraction of sp³-hybridized carbons (Fsp3) is 0.606. The highest BCUT2D eigenvalue weighted by Gasteiger charge is 2.17. The largest absolute Gasteiger partial charge is 0.487 e. The van der Waals surface area contributed by atoms with Crippen LogP contribution in [-0.4, -0.2) is 43.8 Å². The first-order valence-corrected chi connectivity index (χ1v) is 14.6. The number of unbranched alkanes of at least 4 members (excludes halogenated alkanes) is 8. The maximum Gasteiger partial charge on any atom is 0.306 e. The number of carbonyl (C=O) groups excluding carboxylic acids is 1. The van der Waals surface area contributed by atoms with E-state index in [-0.39, 0.29) is 18.7 Å². The van der Waals surface area contributed by atoms with Gasteiger partial charge >= 0.3 is 5.97 Å². The molecule has 4 nitrogen and oxygen atoms in total. The highest BCUT2D eigenvalue weighted by atomic mass is 16.6. The van der Waals surface area contributed by atoms with Gasteiger partial charge in [0.15, 0.2) is 0 Å². The highest BCUT2D eigenvalue weighted by molar-refractivity contribution is 5.69. The monoisotopic (exact) mass is 510 g/mol. The number of carbonyl (C=O) groups is 1. The average molecular weight is 511 g/mol. The first-order chi connectivity index (χ1) is 17.9. The second kappa shape index (κ2) is 18.0. The van der Waals surface area contributed by atoms with Gasteiger partial charge in [0.1, 0.15) is 25.0 Å². The van der Waals surface area contributed by atoms with Gasteiger partial charge in [-0.2, -0.15) is 0 Å². The van der Waals surface area contributed by atoms with Crippen molar-refractivity contribution < 1.29 is 18.8 Å². The fourth-order valence-corrected chi connectivity index (χ4v) is 4.77. The Morgan fingerprint density at radius 2 is 1.46 bits per heavy atom. The van der Waals surface area contributed by atoms with Gasteiger partial charge in [-0.15, -0.1) is 0 Å². The Kier molecular flexibility index (Phi) is 15.0. The molecule has 0 fully saturated rings. The summed E-state index contributed by atoms with van der Waals surface area (Å²) in [5.41, 5.74) is 2.64. The van der Waals surface area contributed by atoms with Crippen LogP contribution in [0, 0.1) is 0 Å². The molecule has 0 aliphatic rings. The number of quaternary nitrogens is 1. The molecule has 4 heteroatoms. The second-order valence-electron chi connectivity index (χ2n) is 11.2. The van der Waals surface area contributed by atoms with Crippen molar-refractivity contribution in [3.63, 3.8) is 0 Å². The number of rotatable bonds is 20. The van der Waals surface area contributed by atoms with Crippen molar-refractivity contribution in [1.29, 1.82) is 0 Å². The molecule has 0 aliphatic carbocycles. The van der Waals surface area contributed by atoms with Gasteiger partial charge in [-0.3, -0.25) is 4.79 Å². The highest BCUT2D eigenvalue weighted by Crippen LogP contribution is 2.18. The van der Waals surface area contributed by atoms with E-state index in [0.29, 0.717) is 6.42 Å². The van der Waals surface area contributed by atoms with Crippen molar-refractivity contribution in [3.8, 4) is 5.75 Å². The molecule has 37 heavy (non-hydrogen) atoms. The summed E-state index contributed by atoms with van der Waals surface area (Å²) in [7, 11) is 4.41. The van der Waals surface area contributed by atoms with Crippen LogP contribution in [0.25, 0.3) is 0 Å². The third kappa shape index (κ3) is 14.9. The molecule has 0 saturated heterocycles. The van der Waals surface area contributed by atoms with Crippen molar-refractivity contribution in [1.82, 2.24) is 0 Å². The number of hydrogen-bond donors (Lipinski definition) is 0. The molecule has 2 rings (SSSR count). The zero-order valence-electron chi connectivity index (χ0n) is 24.1. The predicted octanol–water partition coefficient (Wildman–Crippen LogP) is 8.13. The molecule has 0 N–H and O–H groups in total. The van der Waals surface area contributed by atoms with Gasteiger partial charge in [-0.25, -0.2) is 0 Å². The molecule has 1 unspecified atom stereocenters. The van der Waals surface area contributed by atoms with Crippen LogP contribution in [0.4, 0.5) is 0 Å². The molecule has 0 saturated carbocycles. The van der Waals surface area contributed by atoms with Crippen molar-refractivity contribution in [2.24, 2.45) is 0 Å². The van der Waals surface area contributed by atoms with E-state index in [9.17, 15) is 4.79 Å². The Morgan fingerprint density at radius 1 is 0.811 bits per heavy atom. The van der Waals surface area contributed by atoms with Crippen LogP contribution in [-0.2, 0) is 22.5 Å². The summed E-state index contributed by atoms with van der Waals surface area (Å²) in [5, 5.41) is 0. The molecule has 1 atom stereocenters. The fourth-order valence-electron chi connectivity index (χ4n) is 4.77. The molecule has 2 aromatic carbocycles. The summed E-state index contributed by atoms with van der Waals surface area (Å²) < 4.78 is 12.4. The van der Waals surface area contributed by atoms with Gasteiger partial charge < -0.3 is 14.0 Å². The van der Waals surface area contributed by atoms with Gasteiger partial charge in [-0.1, -0.05) is 101 Å². The zero-order valence-corrected chi connectivity index (χ0v) is 24.1. The summed E-state index contributed by atoms with van der Waals surface area (Å²) >= 11 is 0. The van der Waals surface area contributed by atoms with E-state index >= 15 is 0 Å². The second-order valence-corrected chi connectivity index (χ2v) is 11.2. The molecule has 0 heterocycles. The lowest BCUT2D eigenvalue weighted by atomic mass is 10.0. The Morgan fingerprint density at radius 3 is 2.16 bits per heavy atom. The number of hydrogen-bond acceptors (Lipinski definition) is 3. The lowest BCUT2D eigenvalue weighted by Crippen LogP contribution is -2.39. The predicted molar refractivity (Wildman–Crippen MR) is 155 cm³/mol. The average Bonchev–Trinajstić information content (AvgIpc) is 2.87. The molecule has 0 radical (unpaired) electrons. The maximum atomic E-state index is 12.3. The lowest BCUT2D eigenvalue weighted by molar-refractivity contribution is -0.903. The summed E-state index contributed by atoms with van der Waals surface area (Å²) in [6, 6.07) is 18.9. The van der Waals surface area contributed by atoms with Crippen molar-refractivity contribution in [2.45, 2.75) is 104 Å². The minimum Gasteiger partial charge on any atom is -0.487 e. The number of benzene rings is 2. The van der Waals surface area contributed by atoms with E-state index in [1.165, 1.54) is 68.9 Å². The summed E-state index contributed by atoms with van der Waals surface area (Å²) in [5.74, 6) is 0.714. The smallest absolute Gasteiger partial charge is 0.306 e. The van der Waals surface area contributed by atoms with E-state index < -0.39 is 0 Å². The SMILES string of the molecule is CCCCCCCCCCCc1cccc(OC(C)COC(=O)CCC[N+](C)(C)Cc2ccccc2)c1. The molecule has 0 aliphatic heterocycles.